The molecule has 1 N–H and O–H groups in total. The summed E-state index contributed by atoms with van der Waals surface area (Å²) in [7, 11) is 0.584. The van der Waals surface area contributed by atoms with Crippen LogP contribution in [0.25, 0.3) is 0 Å². The number of ether oxygens (including phenoxy) is 2. The lowest BCUT2D eigenvalue weighted by molar-refractivity contribution is 0.154. The molecule has 25 heavy (non-hydrogen) atoms. The quantitative estimate of drug-likeness (QED) is 0.733. The lowest BCUT2D eigenvalue weighted by Gasteiger charge is -2.21. The SMILES string of the molecule is COc1ccc(C(O)CN(C)S(=O)(=O)c2ccc(Cl)nc2)cc1OC. The average Bonchev–Trinajstić information content (AvgIpc) is 2.61. The molecule has 0 spiro atoms. The van der Waals surface area contributed by atoms with Gasteiger partial charge in [-0.05, 0) is 29.8 Å². The van der Waals surface area contributed by atoms with Crippen LogP contribution in [0.4, 0.5) is 0 Å². The van der Waals surface area contributed by atoms with Crippen LogP contribution in [0.5, 0.6) is 11.5 Å². The molecule has 9 heteroatoms. The molecule has 0 aliphatic heterocycles. The minimum atomic E-state index is -3.79. The topological polar surface area (TPSA) is 89.0 Å². The molecule has 0 bridgehead atoms. The van der Waals surface area contributed by atoms with Crippen molar-refractivity contribution in [1.82, 2.24) is 9.29 Å². The van der Waals surface area contributed by atoms with Crippen LogP contribution in [0.15, 0.2) is 41.4 Å². The van der Waals surface area contributed by atoms with Crippen LogP contribution in [0, 0.1) is 0 Å². The standard InChI is InChI=1S/C16H19ClN2O5S/c1-19(25(21,22)12-5-7-16(17)18-9-12)10-13(20)11-4-6-14(23-2)15(8-11)24-3/h4-9,13,20H,10H2,1-3H3. The molecule has 1 aromatic carbocycles. The van der Waals surface area contributed by atoms with Crippen molar-refractivity contribution in [2.75, 3.05) is 27.8 Å². The summed E-state index contributed by atoms with van der Waals surface area (Å²) >= 11 is 5.68. The molecule has 1 atom stereocenters. The number of aromatic nitrogens is 1. The molecule has 0 saturated carbocycles. The van der Waals surface area contributed by atoms with E-state index in [1.807, 2.05) is 0 Å². The fourth-order valence-electron chi connectivity index (χ4n) is 2.20. The number of rotatable bonds is 7. The summed E-state index contributed by atoms with van der Waals surface area (Å²) in [6.45, 7) is -0.138. The zero-order valence-corrected chi connectivity index (χ0v) is 15.6. The molecule has 1 unspecified atom stereocenters. The molecule has 0 aliphatic rings. The highest BCUT2D eigenvalue weighted by Crippen LogP contribution is 2.30. The fraction of sp³-hybridized carbons (Fsp3) is 0.312. The number of nitrogens with zero attached hydrogens (tertiary/aromatic N) is 2. The summed E-state index contributed by atoms with van der Waals surface area (Å²) < 4.78 is 36.4. The minimum absolute atomic E-state index is 0.00101. The second-order valence-corrected chi connectivity index (χ2v) is 7.66. The highest BCUT2D eigenvalue weighted by atomic mass is 35.5. The van der Waals surface area contributed by atoms with E-state index in [1.165, 1.54) is 39.6 Å². The van der Waals surface area contributed by atoms with Gasteiger partial charge in [-0.15, -0.1) is 0 Å². The lowest BCUT2D eigenvalue weighted by Crippen LogP contribution is -2.31. The Labute approximate surface area is 151 Å². The second kappa shape index (κ2) is 8.01. The van der Waals surface area contributed by atoms with Crippen molar-refractivity contribution >= 4 is 21.6 Å². The maximum Gasteiger partial charge on any atom is 0.244 e. The Kier molecular flexibility index (Phi) is 6.23. The van der Waals surface area contributed by atoms with Crippen molar-refractivity contribution in [2.24, 2.45) is 0 Å². The van der Waals surface area contributed by atoms with Crippen molar-refractivity contribution in [2.45, 2.75) is 11.0 Å². The predicted molar refractivity (Wildman–Crippen MR) is 93.6 cm³/mol. The van der Waals surface area contributed by atoms with Gasteiger partial charge in [0.25, 0.3) is 0 Å². The molecule has 2 aromatic rings. The van der Waals surface area contributed by atoms with E-state index in [4.69, 9.17) is 21.1 Å². The number of aliphatic hydroxyl groups is 1. The van der Waals surface area contributed by atoms with Crippen LogP contribution in [0.2, 0.25) is 5.15 Å². The van der Waals surface area contributed by atoms with Crippen molar-refractivity contribution in [3.8, 4) is 11.5 Å². The van der Waals surface area contributed by atoms with Crippen molar-refractivity contribution in [3.05, 3.63) is 47.2 Å². The Morgan fingerprint density at radius 2 is 1.88 bits per heavy atom. The van der Waals surface area contributed by atoms with E-state index in [1.54, 1.807) is 18.2 Å². The van der Waals surface area contributed by atoms with Crippen LogP contribution in [0.3, 0.4) is 0 Å². The normalized spacial score (nSPS) is 12.9. The second-order valence-electron chi connectivity index (χ2n) is 5.23. The minimum Gasteiger partial charge on any atom is -0.493 e. The van der Waals surface area contributed by atoms with Gasteiger partial charge >= 0.3 is 0 Å². The molecule has 1 heterocycles. The number of hydrogen-bond donors (Lipinski definition) is 1. The van der Waals surface area contributed by atoms with E-state index in [0.717, 1.165) is 4.31 Å². The first-order valence-corrected chi connectivity index (χ1v) is 9.09. The van der Waals surface area contributed by atoms with E-state index in [0.29, 0.717) is 17.1 Å². The number of methoxy groups -OCH3 is 2. The summed E-state index contributed by atoms with van der Waals surface area (Å²) in [5.41, 5.74) is 0.508. The lowest BCUT2D eigenvalue weighted by atomic mass is 10.1. The molecule has 136 valence electrons. The highest BCUT2D eigenvalue weighted by molar-refractivity contribution is 7.89. The number of halogens is 1. The van der Waals surface area contributed by atoms with Crippen molar-refractivity contribution in [3.63, 3.8) is 0 Å². The van der Waals surface area contributed by atoms with Crippen LogP contribution < -0.4 is 9.47 Å². The van der Waals surface area contributed by atoms with E-state index in [-0.39, 0.29) is 16.6 Å². The summed E-state index contributed by atoms with van der Waals surface area (Å²) in [4.78, 5) is 3.77. The molecule has 0 amide bonds. The Balaban J connectivity index is 2.19. The maximum atomic E-state index is 12.5. The van der Waals surface area contributed by atoms with Gasteiger partial charge in [-0.3, -0.25) is 0 Å². The number of hydrogen-bond acceptors (Lipinski definition) is 6. The molecule has 0 fully saturated rings. The fourth-order valence-corrected chi connectivity index (χ4v) is 3.44. The van der Waals surface area contributed by atoms with Gasteiger partial charge in [0.1, 0.15) is 10.0 Å². The monoisotopic (exact) mass is 386 g/mol. The van der Waals surface area contributed by atoms with Crippen LogP contribution in [0.1, 0.15) is 11.7 Å². The third kappa shape index (κ3) is 4.40. The van der Waals surface area contributed by atoms with Crippen molar-refractivity contribution < 1.29 is 23.0 Å². The number of benzene rings is 1. The van der Waals surface area contributed by atoms with Gasteiger partial charge in [0.05, 0.1) is 20.3 Å². The molecular weight excluding hydrogens is 368 g/mol. The number of pyridine rings is 1. The molecule has 0 radical (unpaired) electrons. The van der Waals surface area contributed by atoms with Gasteiger partial charge in [-0.25, -0.2) is 13.4 Å². The Morgan fingerprint density at radius 3 is 2.44 bits per heavy atom. The van der Waals surface area contributed by atoms with E-state index < -0.39 is 16.1 Å². The first kappa shape index (κ1) is 19.5. The molecule has 0 saturated heterocycles. The Morgan fingerprint density at radius 1 is 1.20 bits per heavy atom. The summed E-state index contributed by atoms with van der Waals surface area (Å²) in [5.74, 6) is 0.970. The summed E-state index contributed by atoms with van der Waals surface area (Å²) in [5, 5.41) is 10.6. The maximum absolute atomic E-state index is 12.5. The molecular formula is C16H19ClN2O5S. The zero-order chi connectivity index (χ0) is 18.6. The zero-order valence-electron chi connectivity index (χ0n) is 14.0. The first-order chi connectivity index (χ1) is 11.8. The highest BCUT2D eigenvalue weighted by Gasteiger charge is 2.24. The van der Waals surface area contributed by atoms with Crippen LogP contribution in [-0.2, 0) is 10.0 Å². The molecule has 2 rings (SSSR count). The molecule has 7 nitrogen and oxygen atoms in total. The first-order valence-electron chi connectivity index (χ1n) is 7.27. The van der Waals surface area contributed by atoms with E-state index in [9.17, 15) is 13.5 Å². The predicted octanol–water partition coefficient (Wildman–Crippen LogP) is 2.11. The van der Waals surface area contributed by atoms with Crippen LogP contribution in [-0.4, -0.2) is 50.6 Å². The third-order valence-electron chi connectivity index (χ3n) is 3.63. The molecule has 1 aromatic heterocycles. The Hall–Kier alpha value is -1.87. The van der Waals surface area contributed by atoms with Gasteiger partial charge in [0.2, 0.25) is 10.0 Å². The largest absolute Gasteiger partial charge is 0.493 e. The van der Waals surface area contributed by atoms with Gasteiger partial charge in [-0.1, -0.05) is 17.7 Å². The van der Waals surface area contributed by atoms with E-state index in [2.05, 4.69) is 4.98 Å². The van der Waals surface area contributed by atoms with Gasteiger partial charge in [0.15, 0.2) is 11.5 Å². The number of likely N-dealkylation sites (N-methyl/N-ethyl adjacent to an activating group) is 1. The Bertz CT molecular complexity index is 827. The van der Waals surface area contributed by atoms with Gasteiger partial charge in [-0.2, -0.15) is 4.31 Å². The van der Waals surface area contributed by atoms with Crippen molar-refractivity contribution in [1.29, 1.82) is 0 Å². The number of aliphatic hydroxyl groups excluding tert-OH is 1. The summed E-state index contributed by atoms with van der Waals surface area (Å²) in [6, 6.07) is 7.66. The molecule has 0 aliphatic carbocycles. The van der Waals surface area contributed by atoms with E-state index >= 15 is 0 Å². The van der Waals surface area contributed by atoms with Gasteiger partial charge in [0, 0.05) is 19.8 Å². The summed E-state index contributed by atoms with van der Waals surface area (Å²) in [6.07, 6.45) is 0.136. The third-order valence-corrected chi connectivity index (χ3v) is 5.66. The van der Waals surface area contributed by atoms with Crippen LogP contribution >= 0.6 is 11.6 Å². The number of sulfonamides is 1. The average molecular weight is 387 g/mol. The smallest absolute Gasteiger partial charge is 0.244 e. The van der Waals surface area contributed by atoms with Gasteiger partial charge < -0.3 is 14.6 Å².